The molecule has 0 bridgehead atoms. The lowest BCUT2D eigenvalue weighted by Gasteiger charge is -2.09. The first-order valence-electron chi connectivity index (χ1n) is 6.26. The number of nitrogens with one attached hydrogen (secondary N) is 1. The molecule has 0 aliphatic rings. The zero-order chi connectivity index (χ0) is 15.9. The summed E-state index contributed by atoms with van der Waals surface area (Å²) in [5, 5.41) is 14.6. The van der Waals surface area contributed by atoms with Gasteiger partial charge in [0.1, 0.15) is 23.5 Å². The number of hydrazone groups is 1. The highest BCUT2D eigenvalue weighted by molar-refractivity contribution is 5.87. The first kappa shape index (κ1) is 15.2. The number of nitro groups is 1. The van der Waals surface area contributed by atoms with Crippen LogP contribution in [0.2, 0.25) is 0 Å². The van der Waals surface area contributed by atoms with Crippen LogP contribution in [0.25, 0.3) is 0 Å². The van der Waals surface area contributed by atoms with Gasteiger partial charge in [-0.1, -0.05) is 6.07 Å². The quantitative estimate of drug-likeness (QED) is 0.500. The van der Waals surface area contributed by atoms with Crippen LogP contribution in [0.5, 0.6) is 11.5 Å². The summed E-state index contributed by atoms with van der Waals surface area (Å²) in [6.45, 7) is 0. The Hall–Kier alpha value is -3.16. The molecule has 0 saturated carbocycles. The topological polar surface area (TPSA) is 98.9 Å². The van der Waals surface area contributed by atoms with E-state index in [-0.39, 0.29) is 5.69 Å². The van der Waals surface area contributed by atoms with Gasteiger partial charge in [0.15, 0.2) is 0 Å². The van der Waals surface area contributed by atoms with E-state index in [2.05, 4.69) is 15.5 Å². The SMILES string of the molecule is COc1cccc(OC)c1C=NNc1ccc([N+](=O)[O-])cn1. The van der Waals surface area contributed by atoms with Crippen molar-refractivity contribution in [2.24, 2.45) is 5.10 Å². The molecular weight excluding hydrogens is 288 g/mol. The Morgan fingerprint density at radius 2 is 1.91 bits per heavy atom. The van der Waals surface area contributed by atoms with Gasteiger partial charge in [0, 0.05) is 6.07 Å². The fraction of sp³-hybridized carbons (Fsp3) is 0.143. The summed E-state index contributed by atoms with van der Waals surface area (Å²) in [5.41, 5.74) is 3.27. The summed E-state index contributed by atoms with van der Waals surface area (Å²) in [7, 11) is 3.11. The fourth-order valence-electron chi connectivity index (χ4n) is 1.73. The molecule has 0 fully saturated rings. The Morgan fingerprint density at radius 1 is 1.23 bits per heavy atom. The third kappa shape index (κ3) is 3.48. The van der Waals surface area contributed by atoms with E-state index in [1.807, 2.05) is 0 Å². The lowest BCUT2D eigenvalue weighted by molar-refractivity contribution is -0.385. The van der Waals surface area contributed by atoms with Crippen LogP contribution in [0.3, 0.4) is 0 Å². The molecule has 0 aliphatic heterocycles. The van der Waals surface area contributed by atoms with Crippen molar-refractivity contribution < 1.29 is 14.4 Å². The first-order valence-corrected chi connectivity index (χ1v) is 6.26. The first-order chi connectivity index (χ1) is 10.7. The number of methoxy groups -OCH3 is 2. The number of benzene rings is 1. The summed E-state index contributed by atoms with van der Waals surface area (Å²) in [5.74, 6) is 1.61. The van der Waals surface area contributed by atoms with Gasteiger partial charge in [-0.15, -0.1) is 0 Å². The number of aromatic nitrogens is 1. The molecule has 0 unspecified atom stereocenters. The van der Waals surface area contributed by atoms with Crippen LogP contribution in [0, 0.1) is 10.1 Å². The fourth-order valence-corrected chi connectivity index (χ4v) is 1.73. The van der Waals surface area contributed by atoms with Crippen molar-refractivity contribution >= 4 is 17.7 Å². The van der Waals surface area contributed by atoms with E-state index >= 15 is 0 Å². The number of ether oxygens (including phenoxy) is 2. The van der Waals surface area contributed by atoms with Gasteiger partial charge < -0.3 is 9.47 Å². The van der Waals surface area contributed by atoms with Crippen LogP contribution < -0.4 is 14.9 Å². The molecule has 1 N–H and O–H groups in total. The second-order valence-corrected chi connectivity index (χ2v) is 4.10. The molecule has 0 radical (unpaired) electrons. The van der Waals surface area contributed by atoms with Gasteiger partial charge in [-0.3, -0.25) is 15.5 Å². The van der Waals surface area contributed by atoms with Gasteiger partial charge in [0.25, 0.3) is 5.69 Å². The van der Waals surface area contributed by atoms with Crippen molar-refractivity contribution in [3.63, 3.8) is 0 Å². The van der Waals surface area contributed by atoms with Gasteiger partial charge in [-0.25, -0.2) is 4.98 Å². The minimum Gasteiger partial charge on any atom is -0.496 e. The molecule has 2 rings (SSSR count). The van der Waals surface area contributed by atoms with Gasteiger partial charge in [-0.2, -0.15) is 5.10 Å². The van der Waals surface area contributed by atoms with E-state index in [4.69, 9.17) is 9.47 Å². The molecule has 114 valence electrons. The third-order valence-electron chi connectivity index (χ3n) is 2.80. The normalized spacial score (nSPS) is 10.5. The van der Waals surface area contributed by atoms with E-state index in [1.165, 1.54) is 18.3 Å². The van der Waals surface area contributed by atoms with Gasteiger partial charge in [0.2, 0.25) is 0 Å². The maximum absolute atomic E-state index is 10.5. The smallest absolute Gasteiger partial charge is 0.287 e. The maximum Gasteiger partial charge on any atom is 0.287 e. The van der Waals surface area contributed by atoms with Crippen molar-refractivity contribution in [2.75, 3.05) is 19.6 Å². The lowest BCUT2D eigenvalue weighted by atomic mass is 10.2. The molecular formula is C14H14N4O4. The second-order valence-electron chi connectivity index (χ2n) is 4.10. The van der Waals surface area contributed by atoms with E-state index in [9.17, 15) is 10.1 Å². The van der Waals surface area contributed by atoms with Crippen molar-refractivity contribution in [1.82, 2.24) is 4.98 Å². The van der Waals surface area contributed by atoms with Crippen molar-refractivity contribution in [1.29, 1.82) is 0 Å². The highest BCUT2D eigenvalue weighted by Gasteiger charge is 2.07. The highest BCUT2D eigenvalue weighted by Crippen LogP contribution is 2.26. The van der Waals surface area contributed by atoms with Crippen molar-refractivity contribution in [2.45, 2.75) is 0 Å². The van der Waals surface area contributed by atoms with Crippen LogP contribution in [-0.2, 0) is 0 Å². The molecule has 0 spiro atoms. The Morgan fingerprint density at radius 3 is 2.41 bits per heavy atom. The Kier molecular flexibility index (Phi) is 4.86. The summed E-state index contributed by atoms with van der Waals surface area (Å²) in [6.07, 6.45) is 2.68. The molecule has 2 aromatic rings. The number of anilines is 1. The van der Waals surface area contributed by atoms with Crippen LogP contribution in [0.4, 0.5) is 11.5 Å². The molecule has 0 atom stereocenters. The number of hydrogen-bond donors (Lipinski definition) is 1. The average Bonchev–Trinajstić information content (AvgIpc) is 2.55. The molecule has 22 heavy (non-hydrogen) atoms. The predicted octanol–water partition coefficient (Wildman–Crippen LogP) is 2.45. The monoisotopic (exact) mass is 302 g/mol. The van der Waals surface area contributed by atoms with E-state index in [1.54, 1.807) is 32.4 Å². The summed E-state index contributed by atoms with van der Waals surface area (Å²) >= 11 is 0. The molecule has 1 heterocycles. The van der Waals surface area contributed by atoms with Crippen LogP contribution >= 0.6 is 0 Å². The van der Waals surface area contributed by atoms with Gasteiger partial charge in [0.05, 0.1) is 30.9 Å². The summed E-state index contributed by atoms with van der Waals surface area (Å²) in [6, 6.07) is 8.19. The van der Waals surface area contributed by atoms with Crippen molar-refractivity contribution in [3.8, 4) is 11.5 Å². The van der Waals surface area contributed by atoms with Crippen LogP contribution in [0.1, 0.15) is 5.56 Å². The molecule has 0 amide bonds. The number of pyridine rings is 1. The van der Waals surface area contributed by atoms with E-state index < -0.39 is 4.92 Å². The number of rotatable bonds is 6. The zero-order valence-electron chi connectivity index (χ0n) is 12.0. The van der Waals surface area contributed by atoms with E-state index in [0.29, 0.717) is 22.9 Å². The minimum absolute atomic E-state index is 0.0825. The molecule has 1 aromatic heterocycles. The van der Waals surface area contributed by atoms with Crippen molar-refractivity contribution in [3.05, 3.63) is 52.2 Å². The predicted molar refractivity (Wildman–Crippen MR) is 81.7 cm³/mol. The Balaban J connectivity index is 2.14. The third-order valence-corrected chi connectivity index (χ3v) is 2.80. The molecule has 8 nitrogen and oxygen atoms in total. The minimum atomic E-state index is -0.514. The van der Waals surface area contributed by atoms with Gasteiger partial charge in [-0.05, 0) is 18.2 Å². The Labute approximate surface area is 126 Å². The summed E-state index contributed by atoms with van der Waals surface area (Å²) in [4.78, 5) is 13.9. The van der Waals surface area contributed by atoms with Gasteiger partial charge >= 0.3 is 0 Å². The average molecular weight is 302 g/mol. The molecule has 0 saturated heterocycles. The van der Waals surface area contributed by atoms with E-state index in [0.717, 1.165) is 6.20 Å². The standard InChI is InChI=1S/C14H14N4O4/c1-21-12-4-3-5-13(22-2)11(12)9-16-17-14-7-6-10(8-15-14)18(19)20/h3-9H,1-2H3,(H,15,17). The van der Waals surface area contributed by atoms with Crippen LogP contribution in [-0.4, -0.2) is 30.3 Å². The number of nitrogens with zero attached hydrogens (tertiary/aromatic N) is 3. The summed E-state index contributed by atoms with van der Waals surface area (Å²) < 4.78 is 10.5. The molecule has 0 aliphatic carbocycles. The Bertz CT molecular complexity index is 663. The van der Waals surface area contributed by atoms with Crippen LogP contribution in [0.15, 0.2) is 41.6 Å². The molecule has 1 aromatic carbocycles. The highest BCUT2D eigenvalue weighted by atomic mass is 16.6. The lowest BCUT2D eigenvalue weighted by Crippen LogP contribution is -1.98. The zero-order valence-corrected chi connectivity index (χ0v) is 12.0. The maximum atomic E-state index is 10.5. The molecule has 8 heteroatoms. The number of hydrogen-bond acceptors (Lipinski definition) is 7. The largest absolute Gasteiger partial charge is 0.496 e. The second kappa shape index (κ2) is 7.02.